The number of ketones is 2. The van der Waals surface area contributed by atoms with Gasteiger partial charge in [0.15, 0.2) is 36.0 Å². The number of ether oxygens (including phenoxy) is 11. The maximum absolute atomic E-state index is 15.6. The van der Waals surface area contributed by atoms with E-state index in [1.165, 1.54) is 0 Å². The molecule has 4 saturated carbocycles. The van der Waals surface area contributed by atoms with Gasteiger partial charge in [-0.3, -0.25) is 28.8 Å². The van der Waals surface area contributed by atoms with Crippen molar-refractivity contribution in [3.05, 3.63) is 130 Å². The van der Waals surface area contributed by atoms with Crippen molar-refractivity contribution < 1.29 is 117 Å². The predicted molar refractivity (Wildman–Crippen MR) is 438 cm³/mol. The molecule has 11 rings (SSSR count). The molecule has 0 radical (unpaired) electrons. The molecule has 118 heavy (non-hydrogen) atoms. The van der Waals surface area contributed by atoms with Gasteiger partial charge in [-0.05, 0) is 132 Å². The normalized spacial score (nSPS) is 33.3. The third kappa shape index (κ3) is 17.6. The van der Waals surface area contributed by atoms with Crippen molar-refractivity contribution in [2.24, 2.45) is 56.2 Å². The number of carbonyl (C=O) groups excluding carboxylic acids is 10. The minimum Gasteiger partial charge on any atom is -0.460 e. The van der Waals surface area contributed by atoms with Crippen LogP contribution in [0.2, 0.25) is 0 Å². The molecular weight excluding hydrogens is 1610 g/mol. The van der Waals surface area contributed by atoms with Gasteiger partial charge in [0.1, 0.15) is 59.1 Å². The van der Waals surface area contributed by atoms with Crippen LogP contribution in [0.3, 0.4) is 0 Å². The van der Waals surface area contributed by atoms with Crippen molar-refractivity contribution >= 4 is 106 Å². The van der Waals surface area contributed by atoms with Gasteiger partial charge >= 0.3 is 48.0 Å². The zero-order valence-corrected chi connectivity index (χ0v) is 72.6. The van der Waals surface area contributed by atoms with Gasteiger partial charge in [0, 0.05) is 48.8 Å². The summed E-state index contributed by atoms with van der Waals surface area (Å²) in [5.41, 5.74) is -9.55. The fourth-order valence-corrected chi connectivity index (χ4v) is 21.0. The first-order valence-corrected chi connectivity index (χ1v) is 41.7. The topological polar surface area (TPSA) is 357 Å². The van der Waals surface area contributed by atoms with Crippen molar-refractivity contribution in [1.82, 2.24) is 10.6 Å². The number of aliphatic hydroxyl groups is 3. The highest BCUT2D eigenvalue weighted by Gasteiger charge is 2.77. The van der Waals surface area contributed by atoms with Gasteiger partial charge < -0.3 is 78.1 Å². The molecule has 3 aromatic carbocycles. The maximum Gasteiger partial charge on any atom is 0.408 e. The van der Waals surface area contributed by atoms with E-state index in [4.69, 9.17) is 98.5 Å². The second-order valence-corrected chi connectivity index (χ2v) is 37.5. The number of amides is 2. The lowest BCUT2D eigenvalue weighted by Gasteiger charge is -2.68. The van der Waals surface area contributed by atoms with E-state index in [0.717, 1.165) is 5.56 Å². The van der Waals surface area contributed by atoms with Crippen molar-refractivity contribution in [1.29, 1.82) is 0 Å². The van der Waals surface area contributed by atoms with Gasteiger partial charge in [-0.2, -0.15) is 0 Å². The number of aliphatic hydroxyl groups excluding tert-OH is 1. The Morgan fingerprint density at radius 3 is 1.20 bits per heavy atom. The third-order valence-electron chi connectivity index (χ3n) is 26.5. The molecule has 5 N–H and O–H groups in total. The molecule has 3 aromatic rings. The lowest BCUT2D eigenvalue weighted by Crippen LogP contribution is -2.75. The Kier molecular flexibility index (Phi) is 28.6. The Morgan fingerprint density at radius 1 is 0.517 bits per heavy atom. The number of Topliss-reactive ketones (excluding diaryl/α,β-unsaturated/α-hetero) is 2. The smallest absolute Gasteiger partial charge is 0.408 e. The third-order valence-corrected chi connectivity index (χ3v) is 27.4. The van der Waals surface area contributed by atoms with Gasteiger partial charge in [0.25, 0.3) is 0 Å². The predicted octanol–water partition coefficient (Wildman–Crippen LogP) is 13.0. The first-order valence-electron chi connectivity index (χ1n) is 39.5. The molecule has 652 valence electrons. The molecule has 8 aliphatic rings. The van der Waals surface area contributed by atoms with Crippen molar-refractivity contribution in [2.45, 2.75) is 260 Å². The van der Waals surface area contributed by atoms with Crippen LogP contribution < -0.4 is 10.6 Å². The van der Waals surface area contributed by atoms with E-state index < -0.39 is 235 Å². The molecule has 22 atom stereocenters. The van der Waals surface area contributed by atoms with Gasteiger partial charge in [0.05, 0.1) is 66.1 Å². The molecule has 2 aliphatic heterocycles. The average Bonchev–Trinajstić information content (AvgIpc) is 0.676. The van der Waals surface area contributed by atoms with Crippen LogP contribution in [0.5, 0.6) is 0 Å². The maximum atomic E-state index is 15.6. The molecule has 0 spiro atoms. The molecule has 2 amide bonds. The molecule has 30 heteroatoms. The SMILES string of the molecule is C.CC1=C2[C@@H](OC(=O)CCl)C(=O)[C@@]3(C)C([C@H](C)[C@](O)(C[C@@H]1OC(=O)[C@H](O)[C@@H](NC(=O)OC(C)(C)C)c1ccccc1)C2(C)C)[C@]1(C)CO[C@@H]1C[C@@H]3OC(=O)CCl.CC1=C2[C@@H](OC(=O)CCl)C(=O)[C@@]3(C)C([C@H](C)[C@](O)(C[C@@H]1OC(=O)[C@H](OCc1ccccc1)[C@@H](NC(=O)OC(C)(C)C)c1ccccc1)C2(C)C)[C@]1(C)CO[C@@H]1C[C@@H]3OC(=O)CCl.[2HH]. The molecule has 0 aromatic heterocycles. The summed E-state index contributed by atoms with van der Waals surface area (Å²) in [5, 5.41) is 43.8. The Morgan fingerprint density at radius 2 is 0.856 bits per heavy atom. The Bertz CT molecular complexity index is 4330. The first kappa shape index (κ1) is 94.6. The summed E-state index contributed by atoms with van der Waals surface area (Å²) in [5.74, 6) is -11.5. The number of alkyl carbamates (subject to hydrolysis) is 2. The lowest BCUT2D eigenvalue weighted by molar-refractivity contribution is -0.304. The van der Waals surface area contributed by atoms with Crippen molar-refractivity contribution in [3.8, 4) is 0 Å². The molecule has 2 saturated heterocycles. The van der Waals surface area contributed by atoms with E-state index in [9.17, 15) is 53.7 Å². The van der Waals surface area contributed by atoms with E-state index in [0.29, 0.717) is 22.3 Å². The number of carbonyl (C=O) groups is 10. The summed E-state index contributed by atoms with van der Waals surface area (Å²) in [6.07, 6.45) is -13.8. The molecule has 4 bridgehead atoms. The molecule has 2 unspecified atom stereocenters. The summed E-state index contributed by atoms with van der Waals surface area (Å²) < 4.78 is 65.8. The number of benzene rings is 3. The monoisotopic (exact) mass is 1730 g/mol. The molecule has 26 nitrogen and oxygen atoms in total. The Labute approximate surface area is 712 Å². The van der Waals surface area contributed by atoms with Crippen LogP contribution in [-0.2, 0) is 97.1 Å². The lowest BCUT2D eigenvalue weighted by atomic mass is 9.40. The standard InChI is InChI=1S/C47H59Cl2NO12.C40H53Cl2NO12.CH4.H2/c1-26-30(59-41(54)38(57-24-28-16-12-10-13-17-28)36(29-18-14-11-15-19-29)50-42(55)62-43(3,4)5)21-47(56)27(2)39-45(8)25-58-31(45)20-32(60-33(51)22-48)46(39,9)40(53)37(61-34(52)23-49)35(26)44(47,6)7;1-20-23(52-34(48)30(46)29(22-13-11-10-12-14-22)43-35(49)55-36(3,4)5)16-40(50)21(2)32-38(8)19-51-24(38)15-25(53-26(44)17-41)39(32,9)33(47)31(54-27(45)18-42)28(20)37(40,6)7;;/h10-19,27,30-32,36-39,56H,20-25H2,1-9H3,(H,50,55);10-14,21,23-25,29-32,46,50H,15-19H2,1-9H3,(H,43,49);1H4;1H/t27-,30-,31+,32-,36-,37+,38+,39?,45+,46+,47+;21-,23-,24+,25-,29-,30+,31+,32?,38+,39+,40+;;/m00../s1/i;;;1+1. The summed E-state index contributed by atoms with van der Waals surface area (Å²) in [7, 11) is 0. The first-order chi connectivity index (χ1) is 54.5. The largest absolute Gasteiger partial charge is 0.460 e. The van der Waals surface area contributed by atoms with E-state index in [-0.39, 0.29) is 65.5 Å². The van der Waals surface area contributed by atoms with Crippen LogP contribution in [0.4, 0.5) is 9.59 Å². The van der Waals surface area contributed by atoms with E-state index >= 15 is 9.59 Å². The second-order valence-electron chi connectivity index (χ2n) is 36.4. The zero-order chi connectivity index (χ0) is 86.6. The highest BCUT2D eigenvalue weighted by Crippen LogP contribution is 2.70. The number of hydrogen-bond acceptors (Lipinski definition) is 24. The number of hydrogen-bond donors (Lipinski definition) is 5. The minimum atomic E-state index is -1.95. The minimum absolute atomic E-state index is 0. The number of nitrogens with one attached hydrogen (secondary N) is 2. The fraction of sp³-hybridized carbons (Fsp3) is 0.636. The number of esters is 6. The van der Waals surface area contributed by atoms with Crippen molar-refractivity contribution in [3.63, 3.8) is 0 Å². The fourth-order valence-electron chi connectivity index (χ4n) is 20.8. The van der Waals surface area contributed by atoms with Crippen molar-refractivity contribution in [2.75, 3.05) is 36.7 Å². The highest BCUT2D eigenvalue weighted by molar-refractivity contribution is 6.27. The summed E-state index contributed by atoms with van der Waals surface area (Å²) in [6, 6.07) is 23.9. The number of halogens is 4. The van der Waals surface area contributed by atoms with Gasteiger partial charge in [-0.1, -0.05) is 154 Å². The molecule has 6 fully saturated rings. The Balaban J connectivity index is 0.000000294. The number of alkyl halides is 4. The average molecular weight is 1730 g/mol. The zero-order valence-electron chi connectivity index (χ0n) is 69.6. The van der Waals surface area contributed by atoms with E-state index in [1.807, 2.05) is 58.0 Å². The molecule has 6 aliphatic carbocycles. The highest BCUT2D eigenvalue weighted by atomic mass is 35.5. The van der Waals surface area contributed by atoms with Crippen LogP contribution in [-0.4, -0.2) is 195 Å². The van der Waals surface area contributed by atoms with Crippen LogP contribution >= 0.6 is 46.4 Å². The van der Waals surface area contributed by atoms with Crippen LogP contribution in [0.25, 0.3) is 0 Å². The Hall–Kier alpha value is -7.24. The number of fused-ring (bicyclic) bond motifs is 10. The van der Waals surface area contributed by atoms with Gasteiger partial charge in [-0.15, -0.1) is 46.4 Å². The summed E-state index contributed by atoms with van der Waals surface area (Å²) >= 11 is 23.8. The summed E-state index contributed by atoms with van der Waals surface area (Å²) in [6.45, 7) is 32.0. The van der Waals surface area contributed by atoms with E-state index in [1.54, 1.807) is 158 Å². The van der Waals surface area contributed by atoms with Crippen LogP contribution in [0, 0.1) is 56.2 Å². The van der Waals surface area contributed by atoms with E-state index in [2.05, 4.69) is 10.6 Å². The van der Waals surface area contributed by atoms with Crippen LogP contribution in [0.15, 0.2) is 113 Å². The quantitative estimate of drug-likeness (QED) is 0.0286. The van der Waals surface area contributed by atoms with Gasteiger partial charge in [-0.25, -0.2) is 19.2 Å². The number of rotatable bonds is 21. The molecular formula is C88H118Cl4N2O24. The van der Waals surface area contributed by atoms with Crippen LogP contribution in [0.1, 0.15) is 188 Å². The summed E-state index contributed by atoms with van der Waals surface area (Å²) in [4.78, 5) is 138. The van der Waals surface area contributed by atoms with Gasteiger partial charge in [0.2, 0.25) is 0 Å². The molecule has 2 heterocycles. The second kappa shape index (κ2) is 35.7.